The van der Waals surface area contributed by atoms with Crippen molar-refractivity contribution in [3.05, 3.63) is 206 Å². The fraction of sp³-hybridized carbons (Fsp3) is 0. The summed E-state index contributed by atoms with van der Waals surface area (Å²) >= 11 is 0. The van der Waals surface area contributed by atoms with Gasteiger partial charge in [0.05, 0.1) is 0 Å². The Balaban J connectivity index is 0.885. The van der Waals surface area contributed by atoms with E-state index in [1.54, 1.807) is 0 Å². The highest BCUT2D eigenvalue weighted by molar-refractivity contribution is 6.22. The molecule has 0 N–H and O–H groups in total. The highest BCUT2D eigenvalue weighted by atomic mass is 16.3. The summed E-state index contributed by atoms with van der Waals surface area (Å²) < 4.78 is 12.7. The Kier molecular flexibility index (Phi) is 7.05. The molecule has 13 rings (SSSR count). The number of benzene rings is 11. The summed E-state index contributed by atoms with van der Waals surface area (Å²) in [6, 6.07) is 74.9. The van der Waals surface area contributed by atoms with Crippen LogP contribution >= 0.6 is 0 Å². The molecule has 2 nitrogen and oxygen atoms in total. The number of furan rings is 2. The molecule has 13 aromatic rings. The van der Waals surface area contributed by atoms with Gasteiger partial charge < -0.3 is 8.83 Å². The Labute approximate surface area is 345 Å². The van der Waals surface area contributed by atoms with E-state index in [0.29, 0.717) is 0 Å². The molecule has 2 aromatic heterocycles. The molecule has 0 aliphatic rings. The molecule has 0 saturated heterocycles. The molecule has 0 spiro atoms. The fourth-order valence-electron chi connectivity index (χ4n) is 9.69. The fourth-order valence-corrected chi connectivity index (χ4v) is 9.69. The van der Waals surface area contributed by atoms with Crippen LogP contribution in [0.3, 0.4) is 0 Å². The molecule has 0 bridgehead atoms. The van der Waals surface area contributed by atoms with E-state index in [1.165, 1.54) is 82.2 Å². The highest BCUT2D eigenvalue weighted by Crippen LogP contribution is 2.45. The van der Waals surface area contributed by atoms with Crippen LogP contribution < -0.4 is 0 Å². The minimum absolute atomic E-state index is 0.873. The van der Waals surface area contributed by atoms with Crippen molar-refractivity contribution in [3.63, 3.8) is 0 Å². The van der Waals surface area contributed by atoms with Crippen LogP contribution in [0.25, 0.3) is 131 Å². The van der Waals surface area contributed by atoms with Gasteiger partial charge in [0.15, 0.2) is 0 Å². The van der Waals surface area contributed by atoms with Crippen molar-refractivity contribution in [3.8, 4) is 44.5 Å². The lowest BCUT2D eigenvalue weighted by Crippen LogP contribution is -1.91. The molecular formula is C58H34O2. The molecule has 2 heterocycles. The second kappa shape index (κ2) is 12.8. The standard InChI is InChI=1S/C58H34O2/c1-2-10-40-29-41(26-21-35(40)9-1)36-17-22-38(23-18-36)57-46-12-3-5-14-48(46)58(49-15-6-4-13-47(49)57)39-24-19-37(20-25-39)42-27-28-43-32-54-50(31-44(43)30-42)52-34-55-51(33-56(52)60-54)45-11-7-8-16-53(45)59-55/h1-34H. The SMILES string of the molecule is c1ccc2cc(-c3ccc(-c4c5ccccc5c(-c5ccc(-c6ccc7cc8oc9cc%10c(cc9c8cc7c6)oc6ccccc6%10)cc5)c5ccccc45)cc3)ccc2c1. The third-order valence-corrected chi connectivity index (χ3v) is 12.6. The van der Waals surface area contributed by atoms with Gasteiger partial charge in [-0.1, -0.05) is 164 Å². The smallest absolute Gasteiger partial charge is 0.136 e. The van der Waals surface area contributed by atoms with Crippen molar-refractivity contribution >= 4 is 87.0 Å². The second-order valence-electron chi connectivity index (χ2n) is 16.0. The third-order valence-electron chi connectivity index (χ3n) is 12.6. The molecule has 0 aliphatic heterocycles. The van der Waals surface area contributed by atoms with Gasteiger partial charge in [0, 0.05) is 21.5 Å². The first-order valence-electron chi connectivity index (χ1n) is 20.6. The van der Waals surface area contributed by atoms with Crippen molar-refractivity contribution in [1.82, 2.24) is 0 Å². The van der Waals surface area contributed by atoms with Crippen LogP contribution in [-0.4, -0.2) is 0 Å². The molecule has 0 radical (unpaired) electrons. The lowest BCUT2D eigenvalue weighted by Gasteiger charge is -2.18. The molecule has 2 heteroatoms. The summed E-state index contributed by atoms with van der Waals surface area (Å²) in [6.45, 7) is 0. The van der Waals surface area contributed by atoms with E-state index >= 15 is 0 Å². The van der Waals surface area contributed by atoms with Crippen LogP contribution in [0.4, 0.5) is 0 Å². The normalized spacial score (nSPS) is 12.0. The van der Waals surface area contributed by atoms with E-state index in [-0.39, 0.29) is 0 Å². The Bertz CT molecular complexity index is 3810. The van der Waals surface area contributed by atoms with Crippen molar-refractivity contribution in [2.75, 3.05) is 0 Å². The van der Waals surface area contributed by atoms with Crippen LogP contribution in [0, 0.1) is 0 Å². The number of fused-ring (bicyclic) bond motifs is 10. The summed E-state index contributed by atoms with van der Waals surface area (Å²) in [5.41, 5.74) is 13.3. The van der Waals surface area contributed by atoms with Gasteiger partial charge in [0.1, 0.15) is 22.3 Å². The molecular weight excluding hydrogens is 729 g/mol. The van der Waals surface area contributed by atoms with E-state index in [0.717, 1.165) is 49.3 Å². The highest BCUT2D eigenvalue weighted by Gasteiger charge is 2.18. The summed E-state index contributed by atoms with van der Waals surface area (Å²) in [6.07, 6.45) is 0. The summed E-state index contributed by atoms with van der Waals surface area (Å²) in [5.74, 6) is 0. The topological polar surface area (TPSA) is 26.3 Å². The number of hydrogen-bond donors (Lipinski definition) is 0. The molecule has 0 amide bonds. The summed E-state index contributed by atoms with van der Waals surface area (Å²) in [4.78, 5) is 0. The van der Waals surface area contributed by atoms with E-state index in [9.17, 15) is 0 Å². The largest absolute Gasteiger partial charge is 0.456 e. The molecule has 11 aromatic carbocycles. The van der Waals surface area contributed by atoms with Gasteiger partial charge in [-0.3, -0.25) is 0 Å². The first-order valence-corrected chi connectivity index (χ1v) is 20.6. The van der Waals surface area contributed by atoms with Crippen molar-refractivity contribution in [2.45, 2.75) is 0 Å². The monoisotopic (exact) mass is 762 g/mol. The van der Waals surface area contributed by atoms with Gasteiger partial charge >= 0.3 is 0 Å². The van der Waals surface area contributed by atoms with E-state index in [2.05, 4.69) is 188 Å². The maximum absolute atomic E-state index is 6.44. The van der Waals surface area contributed by atoms with Gasteiger partial charge in [-0.05, 0) is 130 Å². The van der Waals surface area contributed by atoms with Gasteiger partial charge in [0.25, 0.3) is 0 Å². The predicted octanol–water partition coefficient (Wildman–Crippen LogP) is 16.8. The lowest BCUT2D eigenvalue weighted by molar-refractivity contribution is 0.664. The summed E-state index contributed by atoms with van der Waals surface area (Å²) in [7, 11) is 0. The van der Waals surface area contributed by atoms with Gasteiger partial charge in [0.2, 0.25) is 0 Å². The first-order chi connectivity index (χ1) is 29.7. The zero-order chi connectivity index (χ0) is 39.3. The Hall–Kier alpha value is -7.94. The third kappa shape index (κ3) is 5.08. The minimum Gasteiger partial charge on any atom is -0.456 e. The van der Waals surface area contributed by atoms with Gasteiger partial charge in [-0.15, -0.1) is 0 Å². The molecule has 0 aliphatic carbocycles. The van der Waals surface area contributed by atoms with Crippen molar-refractivity contribution in [1.29, 1.82) is 0 Å². The van der Waals surface area contributed by atoms with Gasteiger partial charge in [-0.25, -0.2) is 0 Å². The van der Waals surface area contributed by atoms with Crippen LogP contribution in [0.15, 0.2) is 215 Å². The maximum atomic E-state index is 6.44. The first kappa shape index (κ1) is 33.1. The van der Waals surface area contributed by atoms with E-state index in [1.807, 2.05) is 18.2 Å². The average molecular weight is 763 g/mol. The van der Waals surface area contributed by atoms with Crippen molar-refractivity contribution in [2.24, 2.45) is 0 Å². The Morgan fingerprint density at radius 3 is 1.18 bits per heavy atom. The Morgan fingerprint density at radius 2 is 0.583 bits per heavy atom. The van der Waals surface area contributed by atoms with E-state index < -0.39 is 0 Å². The van der Waals surface area contributed by atoms with Crippen LogP contribution in [-0.2, 0) is 0 Å². The predicted molar refractivity (Wildman–Crippen MR) is 253 cm³/mol. The van der Waals surface area contributed by atoms with Crippen LogP contribution in [0.5, 0.6) is 0 Å². The number of para-hydroxylation sites is 1. The minimum atomic E-state index is 0.873. The lowest BCUT2D eigenvalue weighted by atomic mass is 9.85. The quantitative estimate of drug-likeness (QED) is 0.167. The van der Waals surface area contributed by atoms with Crippen LogP contribution in [0.2, 0.25) is 0 Å². The maximum Gasteiger partial charge on any atom is 0.136 e. The summed E-state index contributed by atoms with van der Waals surface area (Å²) in [5, 5.41) is 14.2. The molecule has 0 fully saturated rings. The average Bonchev–Trinajstić information content (AvgIpc) is 3.85. The number of rotatable bonds is 4. The van der Waals surface area contributed by atoms with Gasteiger partial charge in [-0.2, -0.15) is 0 Å². The van der Waals surface area contributed by atoms with Crippen molar-refractivity contribution < 1.29 is 8.83 Å². The zero-order valence-electron chi connectivity index (χ0n) is 32.4. The number of hydrogen-bond acceptors (Lipinski definition) is 2. The zero-order valence-corrected chi connectivity index (χ0v) is 32.4. The molecule has 0 atom stereocenters. The molecule has 278 valence electrons. The molecule has 0 saturated carbocycles. The van der Waals surface area contributed by atoms with Crippen LogP contribution in [0.1, 0.15) is 0 Å². The van der Waals surface area contributed by atoms with E-state index in [4.69, 9.17) is 8.83 Å². The molecule has 0 unspecified atom stereocenters. The molecule has 60 heavy (non-hydrogen) atoms. The Morgan fingerprint density at radius 1 is 0.200 bits per heavy atom. The second-order valence-corrected chi connectivity index (χ2v) is 16.0.